The van der Waals surface area contributed by atoms with Crippen LogP contribution in [0.15, 0.2) is 52.3 Å². The highest BCUT2D eigenvalue weighted by Crippen LogP contribution is 2.27. The van der Waals surface area contributed by atoms with Gasteiger partial charge < -0.3 is 10.5 Å². The Morgan fingerprint density at radius 2 is 1.68 bits per heavy atom. The molecular weight excluding hydrogens is 286 g/mol. The molecule has 0 aromatic heterocycles. The van der Waals surface area contributed by atoms with Gasteiger partial charge in [0, 0.05) is 16.8 Å². The summed E-state index contributed by atoms with van der Waals surface area (Å²) >= 11 is 5.75. The van der Waals surface area contributed by atoms with E-state index in [-0.39, 0.29) is 9.79 Å². The van der Waals surface area contributed by atoms with Gasteiger partial charge in [-0.1, -0.05) is 11.6 Å². The number of halogens is 1. The zero-order valence-electron chi connectivity index (χ0n) is 10.1. The number of ether oxygens (including phenoxy) is 1. The van der Waals surface area contributed by atoms with Crippen LogP contribution in [0.1, 0.15) is 0 Å². The van der Waals surface area contributed by atoms with Crippen molar-refractivity contribution in [2.75, 3.05) is 12.8 Å². The van der Waals surface area contributed by atoms with Crippen molar-refractivity contribution < 1.29 is 13.2 Å². The van der Waals surface area contributed by atoms with E-state index in [0.717, 1.165) is 0 Å². The number of nitrogens with two attached hydrogens (primary N) is 1. The molecule has 2 N–H and O–H groups in total. The number of sulfone groups is 1. The van der Waals surface area contributed by atoms with Gasteiger partial charge in [0.1, 0.15) is 5.75 Å². The fraction of sp³-hybridized carbons (Fsp3) is 0.0769. The second-order valence-corrected chi connectivity index (χ2v) is 6.29. The van der Waals surface area contributed by atoms with Crippen LogP contribution in [-0.4, -0.2) is 15.5 Å². The van der Waals surface area contributed by atoms with E-state index in [4.69, 9.17) is 22.1 Å². The molecule has 6 heteroatoms. The molecule has 19 heavy (non-hydrogen) atoms. The predicted octanol–water partition coefficient (Wildman–Crippen LogP) is 2.76. The van der Waals surface area contributed by atoms with Crippen LogP contribution in [0.5, 0.6) is 5.75 Å². The number of benzene rings is 2. The van der Waals surface area contributed by atoms with Crippen LogP contribution in [-0.2, 0) is 9.84 Å². The molecule has 0 radical (unpaired) electrons. The summed E-state index contributed by atoms with van der Waals surface area (Å²) in [6, 6.07) is 10.3. The van der Waals surface area contributed by atoms with E-state index in [9.17, 15) is 8.42 Å². The van der Waals surface area contributed by atoms with Crippen molar-refractivity contribution in [3.05, 3.63) is 47.5 Å². The molecule has 0 atom stereocenters. The maximum absolute atomic E-state index is 12.4. The minimum absolute atomic E-state index is 0.0895. The molecule has 0 spiro atoms. The lowest BCUT2D eigenvalue weighted by Gasteiger charge is -2.08. The van der Waals surface area contributed by atoms with E-state index < -0.39 is 9.84 Å². The van der Waals surface area contributed by atoms with Gasteiger partial charge in [-0.25, -0.2) is 8.42 Å². The summed E-state index contributed by atoms with van der Waals surface area (Å²) in [6.45, 7) is 0. The first kappa shape index (κ1) is 13.7. The molecule has 4 nitrogen and oxygen atoms in total. The third-order valence-electron chi connectivity index (χ3n) is 2.57. The number of methoxy groups -OCH3 is 1. The van der Waals surface area contributed by atoms with Gasteiger partial charge in [-0.15, -0.1) is 0 Å². The van der Waals surface area contributed by atoms with Crippen LogP contribution in [0.2, 0.25) is 5.02 Å². The number of hydrogen-bond acceptors (Lipinski definition) is 4. The fourth-order valence-electron chi connectivity index (χ4n) is 1.62. The van der Waals surface area contributed by atoms with Crippen molar-refractivity contribution in [3.8, 4) is 5.75 Å². The third-order valence-corrected chi connectivity index (χ3v) is 4.57. The monoisotopic (exact) mass is 297 g/mol. The van der Waals surface area contributed by atoms with Crippen molar-refractivity contribution in [1.29, 1.82) is 0 Å². The number of anilines is 1. The third kappa shape index (κ3) is 2.83. The summed E-state index contributed by atoms with van der Waals surface area (Å²) in [5.41, 5.74) is 5.99. The van der Waals surface area contributed by atoms with E-state index in [1.807, 2.05) is 0 Å². The lowest BCUT2D eigenvalue weighted by molar-refractivity contribution is 0.413. The summed E-state index contributed by atoms with van der Waals surface area (Å²) in [5, 5.41) is 0.476. The molecule has 0 aliphatic heterocycles. The fourth-order valence-corrected chi connectivity index (χ4v) is 3.07. The van der Waals surface area contributed by atoms with Crippen molar-refractivity contribution in [1.82, 2.24) is 0 Å². The van der Waals surface area contributed by atoms with E-state index in [1.54, 1.807) is 6.07 Å². The molecule has 2 aromatic carbocycles. The summed E-state index contributed by atoms with van der Waals surface area (Å²) in [7, 11) is -2.18. The Balaban J connectivity index is 2.56. The molecular formula is C13H12ClNO3S. The number of nitrogen functional groups attached to an aromatic ring is 1. The van der Waals surface area contributed by atoms with Crippen LogP contribution in [0.4, 0.5) is 5.69 Å². The SMILES string of the molecule is COc1cc(N)cc(S(=O)(=O)c2ccc(Cl)cc2)c1. The van der Waals surface area contributed by atoms with Gasteiger partial charge in [0.15, 0.2) is 0 Å². The lowest BCUT2D eigenvalue weighted by atomic mass is 10.3. The van der Waals surface area contributed by atoms with Crippen LogP contribution >= 0.6 is 11.6 Å². The first-order valence-electron chi connectivity index (χ1n) is 5.39. The molecule has 0 aliphatic rings. The summed E-state index contributed by atoms with van der Waals surface area (Å²) < 4.78 is 29.8. The van der Waals surface area contributed by atoms with Gasteiger partial charge in [0.2, 0.25) is 9.84 Å². The Hall–Kier alpha value is -1.72. The predicted molar refractivity (Wildman–Crippen MR) is 74.3 cm³/mol. The van der Waals surface area contributed by atoms with Gasteiger partial charge in [-0.05, 0) is 36.4 Å². The van der Waals surface area contributed by atoms with Crippen LogP contribution < -0.4 is 10.5 Å². The van der Waals surface area contributed by atoms with Crippen molar-refractivity contribution in [2.45, 2.75) is 9.79 Å². The van der Waals surface area contributed by atoms with Crippen LogP contribution in [0.25, 0.3) is 0 Å². The molecule has 0 saturated carbocycles. The maximum atomic E-state index is 12.4. The molecule has 0 saturated heterocycles. The quantitative estimate of drug-likeness (QED) is 0.885. The molecule has 2 rings (SSSR count). The van der Waals surface area contributed by atoms with E-state index in [0.29, 0.717) is 16.5 Å². The van der Waals surface area contributed by atoms with Gasteiger partial charge in [-0.2, -0.15) is 0 Å². The van der Waals surface area contributed by atoms with Gasteiger partial charge >= 0.3 is 0 Å². The second-order valence-electron chi connectivity index (χ2n) is 3.90. The largest absolute Gasteiger partial charge is 0.497 e. The van der Waals surface area contributed by atoms with Gasteiger partial charge in [0.25, 0.3) is 0 Å². The molecule has 0 unspecified atom stereocenters. The van der Waals surface area contributed by atoms with E-state index in [2.05, 4.69) is 0 Å². The first-order chi connectivity index (χ1) is 8.93. The Bertz CT molecular complexity index is 696. The van der Waals surface area contributed by atoms with Gasteiger partial charge in [-0.3, -0.25) is 0 Å². The summed E-state index contributed by atoms with van der Waals surface area (Å²) in [6.07, 6.45) is 0. The Kier molecular flexibility index (Phi) is 3.68. The Morgan fingerprint density at radius 3 is 2.26 bits per heavy atom. The maximum Gasteiger partial charge on any atom is 0.206 e. The average Bonchev–Trinajstić information content (AvgIpc) is 2.38. The minimum Gasteiger partial charge on any atom is -0.497 e. The van der Waals surface area contributed by atoms with E-state index >= 15 is 0 Å². The average molecular weight is 298 g/mol. The molecule has 0 fully saturated rings. The highest BCUT2D eigenvalue weighted by Gasteiger charge is 2.18. The van der Waals surface area contributed by atoms with Crippen LogP contribution in [0, 0.1) is 0 Å². The summed E-state index contributed by atoms with van der Waals surface area (Å²) in [4.78, 5) is 0.247. The standard InChI is InChI=1S/C13H12ClNO3S/c1-18-11-6-10(15)7-13(8-11)19(16,17)12-4-2-9(14)3-5-12/h2-8H,15H2,1H3. The Labute approximate surface area is 116 Å². The van der Waals surface area contributed by atoms with Crippen molar-refractivity contribution >= 4 is 27.1 Å². The van der Waals surface area contributed by atoms with Gasteiger partial charge in [0.05, 0.1) is 16.9 Å². The minimum atomic E-state index is -3.63. The zero-order chi connectivity index (χ0) is 14.0. The first-order valence-corrected chi connectivity index (χ1v) is 7.25. The van der Waals surface area contributed by atoms with E-state index in [1.165, 1.54) is 43.5 Å². The van der Waals surface area contributed by atoms with Crippen molar-refractivity contribution in [2.24, 2.45) is 0 Å². The molecule has 0 bridgehead atoms. The molecule has 2 aromatic rings. The number of rotatable bonds is 3. The van der Waals surface area contributed by atoms with Crippen molar-refractivity contribution in [3.63, 3.8) is 0 Å². The smallest absolute Gasteiger partial charge is 0.206 e. The summed E-state index contributed by atoms with van der Waals surface area (Å²) in [5.74, 6) is 0.396. The molecule has 0 heterocycles. The Morgan fingerprint density at radius 1 is 1.05 bits per heavy atom. The zero-order valence-corrected chi connectivity index (χ0v) is 11.7. The normalized spacial score (nSPS) is 11.3. The number of hydrogen-bond donors (Lipinski definition) is 1. The molecule has 0 amide bonds. The van der Waals surface area contributed by atoms with Crippen LogP contribution in [0.3, 0.4) is 0 Å². The highest BCUT2D eigenvalue weighted by molar-refractivity contribution is 7.91. The molecule has 100 valence electrons. The highest BCUT2D eigenvalue weighted by atomic mass is 35.5. The topological polar surface area (TPSA) is 69.4 Å². The lowest BCUT2D eigenvalue weighted by Crippen LogP contribution is -2.03. The molecule has 0 aliphatic carbocycles. The second kappa shape index (κ2) is 5.11.